The predicted molar refractivity (Wildman–Crippen MR) is 126 cm³/mol. The van der Waals surface area contributed by atoms with Gasteiger partial charge < -0.3 is 15.6 Å². The average Bonchev–Trinajstić information content (AvgIpc) is 3.36. The molecule has 0 saturated carbocycles. The first-order chi connectivity index (χ1) is 16.0. The van der Waals surface area contributed by atoms with Crippen LogP contribution in [0.25, 0.3) is 34.0 Å². The van der Waals surface area contributed by atoms with Crippen molar-refractivity contribution >= 4 is 15.7 Å². The van der Waals surface area contributed by atoms with Crippen LogP contribution in [0.4, 0.5) is 5.82 Å². The SMILES string of the molecule is Nc1ncc(-c2ccc(S(=O)(=O)C3CCCNC3)cc2)nc1-c1cc(-c2ccccc2)no1. The van der Waals surface area contributed by atoms with Crippen molar-refractivity contribution in [2.24, 2.45) is 0 Å². The maximum atomic E-state index is 12.9. The van der Waals surface area contributed by atoms with Crippen LogP contribution in [0.15, 0.2) is 76.3 Å². The number of piperidine rings is 1. The monoisotopic (exact) mass is 461 g/mol. The van der Waals surface area contributed by atoms with Gasteiger partial charge >= 0.3 is 0 Å². The zero-order chi connectivity index (χ0) is 22.8. The van der Waals surface area contributed by atoms with E-state index in [-0.39, 0.29) is 5.82 Å². The number of hydrogen-bond donors (Lipinski definition) is 2. The minimum absolute atomic E-state index is 0.221. The summed E-state index contributed by atoms with van der Waals surface area (Å²) in [5.74, 6) is 0.628. The third kappa shape index (κ3) is 4.24. The summed E-state index contributed by atoms with van der Waals surface area (Å²) in [6, 6.07) is 18.1. The van der Waals surface area contributed by atoms with Gasteiger partial charge in [-0.15, -0.1) is 0 Å². The van der Waals surface area contributed by atoms with E-state index in [4.69, 9.17) is 10.3 Å². The third-order valence-electron chi connectivity index (χ3n) is 5.78. The highest BCUT2D eigenvalue weighted by molar-refractivity contribution is 7.92. The predicted octanol–water partition coefficient (Wildman–Crippen LogP) is 3.57. The lowest BCUT2D eigenvalue weighted by molar-refractivity contribution is 0.434. The fraction of sp³-hybridized carbons (Fsp3) is 0.208. The lowest BCUT2D eigenvalue weighted by Gasteiger charge is -2.22. The molecule has 9 heteroatoms. The molecule has 33 heavy (non-hydrogen) atoms. The molecule has 1 aliphatic heterocycles. The second kappa shape index (κ2) is 8.76. The summed E-state index contributed by atoms with van der Waals surface area (Å²) in [5, 5.41) is 6.89. The summed E-state index contributed by atoms with van der Waals surface area (Å²) in [6.07, 6.45) is 3.09. The molecule has 3 heterocycles. The van der Waals surface area contributed by atoms with Gasteiger partial charge in [0.05, 0.1) is 22.0 Å². The lowest BCUT2D eigenvalue weighted by atomic mass is 10.1. The van der Waals surface area contributed by atoms with Crippen LogP contribution < -0.4 is 11.1 Å². The summed E-state index contributed by atoms with van der Waals surface area (Å²) in [5.41, 5.74) is 9.32. The Bertz CT molecular complexity index is 1360. The largest absolute Gasteiger partial charge is 0.382 e. The first kappa shape index (κ1) is 21.3. The van der Waals surface area contributed by atoms with Crippen molar-refractivity contribution in [1.29, 1.82) is 0 Å². The van der Waals surface area contributed by atoms with Crippen LogP contribution in [-0.2, 0) is 9.84 Å². The molecule has 1 atom stereocenters. The number of nitrogens with two attached hydrogens (primary N) is 1. The maximum absolute atomic E-state index is 12.9. The second-order valence-electron chi connectivity index (χ2n) is 7.97. The number of nitrogen functional groups attached to an aromatic ring is 1. The molecule has 4 aromatic rings. The third-order valence-corrected chi connectivity index (χ3v) is 7.99. The minimum atomic E-state index is -3.38. The molecule has 1 unspecified atom stereocenters. The standard InChI is InChI=1S/C24H23N5O3S/c25-24-23(22-13-20(29-32-22)16-5-2-1-3-6-16)28-21(15-27-24)17-8-10-18(11-9-17)33(30,31)19-7-4-12-26-14-19/h1-3,5-6,8-11,13,15,19,26H,4,7,12,14H2,(H2,25,27). The summed E-state index contributed by atoms with van der Waals surface area (Å²) < 4.78 is 31.4. The fourth-order valence-electron chi connectivity index (χ4n) is 3.94. The number of aromatic nitrogens is 3. The van der Waals surface area contributed by atoms with Crippen molar-refractivity contribution in [3.05, 3.63) is 66.9 Å². The molecule has 2 aromatic heterocycles. The van der Waals surface area contributed by atoms with E-state index in [0.29, 0.717) is 40.7 Å². The second-order valence-corrected chi connectivity index (χ2v) is 10.2. The molecule has 5 rings (SSSR count). The number of nitrogens with zero attached hydrogens (tertiary/aromatic N) is 3. The van der Waals surface area contributed by atoms with Crippen molar-refractivity contribution < 1.29 is 12.9 Å². The van der Waals surface area contributed by atoms with E-state index in [9.17, 15) is 8.42 Å². The number of anilines is 1. The number of sulfone groups is 1. The Balaban J connectivity index is 1.43. The van der Waals surface area contributed by atoms with Gasteiger partial charge in [0.15, 0.2) is 27.1 Å². The molecule has 2 aromatic carbocycles. The van der Waals surface area contributed by atoms with E-state index in [0.717, 1.165) is 24.1 Å². The topological polar surface area (TPSA) is 124 Å². The number of hydrogen-bond acceptors (Lipinski definition) is 8. The molecular formula is C24H23N5O3S. The quantitative estimate of drug-likeness (QED) is 0.462. The lowest BCUT2D eigenvalue weighted by Crippen LogP contribution is -2.38. The number of nitrogens with one attached hydrogen (secondary N) is 1. The van der Waals surface area contributed by atoms with Crippen LogP contribution in [0.3, 0.4) is 0 Å². The molecule has 8 nitrogen and oxygen atoms in total. The van der Waals surface area contributed by atoms with Gasteiger partial charge in [-0.05, 0) is 31.5 Å². The Morgan fingerprint density at radius 3 is 2.48 bits per heavy atom. The normalized spacial score (nSPS) is 16.5. The van der Waals surface area contributed by atoms with Crippen molar-refractivity contribution in [3.8, 4) is 34.0 Å². The molecule has 3 N–H and O–H groups in total. The van der Waals surface area contributed by atoms with Gasteiger partial charge in [0.25, 0.3) is 0 Å². The Morgan fingerprint density at radius 2 is 1.76 bits per heavy atom. The van der Waals surface area contributed by atoms with Gasteiger partial charge in [-0.1, -0.05) is 47.6 Å². The molecule has 0 amide bonds. The smallest absolute Gasteiger partial charge is 0.189 e. The molecule has 0 spiro atoms. The number of benzene rings is 2. The Kier molecular flexibility index (Phi) is 5.65. The maximum Gasteiger partial charge on any atom is 0.189 e. The zero-order valence-corrected chi connectivity index (χ0v) is 18.6. The van der Waals surface area contributed by atoms with Gasteiger partial charge in [-0.25, -0.2) is 18.4 Å². The molecule has 168 valence electrons. The summed E-state index contributed by atoms with van der Waals surface area (Å²) >= 11 is 0. The van der Waals surface area contributed by atoms with Crippen molar-refractivity contribution in [3.63, 3.8) is 0 Å². The van der Waals surface area contributed by atoms with E-state index < -0.39 is 15.1 Å². The van der Waals surface area contributed by atoms with Crippen molar-refractivity contribution in [2.45, 2.75) is 23.0 Å². The summed E-state index contributed by atoms with van der Waals surface area (Å²) in [6.45, 7) is 1.35. The average molecular weight is 462 g/mol. The Labute approximate surface area is 191 Å². The number of rotatable bonds is 5. The zero-order valence-electron chi connectivity index (χ0n) is 17.8. The Morgan fingerprint density at radius 1 is 1.00 bits per heavy atom. The van der Waals surface area contributed by atoms with E-state index >= 15 is 0 Å². The highest BCUT2D eigenvalue weighted by Crippen LogP contribution is 2.30. The highest BCUT2D eigenvalue weighted by Gasteiger charge is 2.28. The summed E-state index contributed by atoms with van der Waals surface area (Å²) in [4.78, 5) is 9.19. The van der Waals surface area contributed by atoms with Gasteiger partial charge in [-0.3, -0.25) is 0 Å². The fourth-order valence-corrected chi connectivity index (χ4v) is 5.66. The van der Waals surface area contributed by atoms with Crippen LogP contribution in [0.2, 0.25) is 0 Å². The van der Waals surface area contributed by atoms with Crippen molar-refractivity contribution in [1.82, 2.24) is 20.4 Å². The Hall–Kier alpha value is -3.56. The molecule has 0 aliphatic carbocycles. The molecule has 0 bridgehead atoms. The molecule has 1 fully saturated rings. The van der Waals surface area contributed by atoms with E-state index in [1.807, 2.05) is 30.3 Å². The molecule has 1 aliphatic rings. The first-order valence-electron chi connectivity index (χ1n) is 10.7. The molecule has 0 radical (unpaired) electrons. The molecule has 1 saturated heterocycles. The van der Waals surface area contributed by atoms with Crippen LogP contribution >= 0.6 is 0 Å². The van der Waals surface area contributed by atoms with Gasteiger partial charge in [0.1, 0.15) is 5.69 Å². The first-order valence-corrected chi connectivity index (χ1v) is 12.3. The van der Waals surface area contributed by atoms with Crippen LogP contribution in [0.1, 0.15) is 12.8 Å². The summed E-state index contributed by atoms with van der Waals surface area (Å²) in [7, 11) is -3.38. The van der Waals surface area contributed by atoms with Crippen LogP contribution in [0.5, 0.6) is 0 Å². The van der Waals surface area contributed by atoms with Gasteiger partial charge in [-0.2, -0.15) is 0 Å². The van der Waals surface area contributed by atoms with E-state index in [1.54, 1.807) is 36.5 Å². The minimum Gasteiger partial charge on any atom is -0.382 e. The van der Waals surface area contributed by atoms with E-state index in [2.05, 4.69) is 20.4 Å². The molecular weight excluding hydrogens is 438 g/mol. The van der Waals surface area contributed by atoms with E-state index in [1.165, 1.54) is 0 Å². The highest BCUT2D eigenvalue weighted by atomic mass is 32.2. The van der Waals surface area contributed by atoms with Crippen LogP contribution in [-0.4, -0.2) is 41.9 Å². The van der Waals surface area contributed by atoms with Gasteiger partial charge in [0, 0.05) is 23.7 Å². The van der Waals surface area contributed by atoms with Crippen molar-refractivity contribution in [2.75, 3.05) is 18.8 Å². The van der Waals surface area contributed by atoms with Crippen LogP contribution in [0, 0.1) is 0 Å². The van der Waals surface area contributed by atoms with Gasteiger partial charge in [0.2, 0.25) is 0 Å².